The van der Waals surface area contributed by atoms with E-state index in [-0.39, 0.29) is 21.7 Å². The van der Waals surface area contributed by atoms with Gasteiger partial charge in [0.15, 0.2) is 0 Å². The van der Waals surface area contributed by atoms with E-state index in [1.165, 1.54) is 34.8 Å². The van der Waals surface area contributed by atoms with Crippen LogP contribution < -0.4 is 5.32 Å². The predicted octanol–water partition coefficient (Wildman–Crippen LogP) is 5.07. The van der Waals surface area contributed by atoms with E-state index in [1.54, 1.807) is 36.7 Å². The maximum atomic E-state index is 13.3. The fourth-order valence-corrected chi connectivity index (χ4v) is 5.51. The first kappa shape index (κ1) is 24.9. The number of amides is 1. The maximum Gasteiger partial charge on any atom is 0.259 e. The largest absolute Gasteiger partial charge is 0.322 e. The number of carbonyl (C=O) groups excluding carboxylic acids is 1. The standard InChI is InChI=1S/C23H26ClFN4O3S/c1-5-28(6-2)33(31,32)21-13-17(9-12-20(21)24)27-23(30)19-14-26-29(22(19)15(3)4)18-10-7-16(25)8-11-18/h7-15H,5-6H2,1-4H3,(H,27,30). The molecule has 0 spiro atoms. The molecule has 0 aliphatic carbocycles. The highest BCUT2D eigenvalue weighted by atomic mass is 35.5. The van der Waals surface area contributed by atoms with Crippen LogP contribution in [0.4, 0.5) is 10.1 Å². The summed E-state index contributed by atoms with van der Waals surface area (Å²) in [5.41, 5.74) is 1.89. The van der Waals surface area contributed by atoms with E-state index in [4.69, 9.17) is 11.6 Å². The minimum absolute atomic E-state index is 0.0675. The van der Waals surface area contributed by atoms with E-state index in [0.717, 1.165) is 0 Å². The number of rotatable bonds is 8. The minimum Gasteiger partial charge on any atom is -0.322 e. The van der Waals surface area contributed by atoms with Crippen molar-refractivity contribution in [3.63, 3.8) is 0 Å². The minimum atomic E-state index is -3.81. The third kappa shape index (κ3) is 5.10. The molecule has 10 heteroatoms. The lowest BCUT2D eigenvalue weighted by Gasteiger charge is -2.20. The molecule has 0 saturated heterocycles. The van der Waals surface area contributed by atoms with Crippen LogP contribution >= 0.6 is 11.6 Å². The molecule has 0 aliphatic heterocycles. The second-order valence-corrected chi connectivity index (χ2v) is 9.99. The zero-order valence-corrected chi connectivity index (χ0v) is 20.4. The van der Waals surface area contributed by atoms with Gasteiger partial charge in [0.25, 0.3) is 5.91 Å². The van der Waals surface area contributed by atoms with Crippen molar-refractivity contribution >= 4 is 33.2 Å². The van der Waals surface area contributed by atoms with Crippen LogP contribution in [0, 0.1) is 5.82 Å². The zero-order chi connectivity index (χ0) is 24.3. The van der Waals surface area contributed by atoms with Crippen LogP contribution in [0.1, 0.15) is 49.7 Å². The molecule has 7 nitrogen and oxygen atoms in total. The Hall–Kier alpha value is -2.75. The van der Waals surface area contributed by atoms with Crippen LogP contribution in [0.15, 0.2) is 53.6 Å². The lowest BCUT2D eigenvalue weighted by atomic mass is 10.0. The van der Waals surface area contributed by atoms with Crippen LogP contribution in [0.5, 0.6) is 0 Å². The average Bonchev–Trinajstić information content (AvgIpc) is 3.22. The second kappa shape index (κ2) is 10.0. The first-order valence-electron chi connectivity index (χ1n) is 10.5. The summed E-state index contributed by atoms with van der Waals surface area (Å²) in [6.07, 6.45) is 1.44. The Morgan fingerprint density at radius 1 is 1.15 bits per heavy atom. The smallest absolute Gasteiger partial charge is 0.259 e. The van der Waals surface area contributed by atoms with Crippen LogP contribution in [-0.4, -0.2) is 41.5 Å². The Morgan fingerprint density at radius 2 is 1.79 bits per heavy atom. The van der Waals surface area contributed by atoms with Gasteiger partial charge in [0.05, 0.1) is 28.2 Å². The van der Waals surface area contributed by atoms with Gasteiger partial charge in [0.1, 0.15) is 10.7 Å². The molecule has 176 valence electrons. The molecule has 0 aliphatic rings. The number of benzene rings is 2. The van der Waals surface area contributed by atoms with Crippen LogP contribution in [0.2, 0.25) is 5.02 Å². The summed E-state index contributed by atoms with van der Waals surface area (Å²) in [4.78, 5) is 13.0. The summed E-state index contributed by atoms with van der Waals surface area (Å²) >= 11 is 6.18. The van der Waals surface area contributed by atoms with Crippen LogP contribution in [0.3, 0.4) is 0 Å². The van der Waals surface area contributed by atoms with Crippen molar-refractivity contribution in [2.75, 3.05) is 18.4 Å². The van der Waals surface area contributed by atoms with E-state index in [0.29, 0.717) is 35.7 Å². The summed E-state index contributed by atoms with van der Waals surface area (Å²) in [7, 11) is -3.81. The number of hydrogen-bond acceptors (Lipinski definition) is 4. The highest BCUT2D eigenvalue weighted by Gasteiger charge is 2.26. The Bertz CT molecular complexity index is 1250. The van der Waals surface area contributed by atoms with Gasteiger partial charge in [0.2, 0.25) is 10.0 Å². The molecule has 1 N–H and O–H groups in total. The molecule has 0 atom stereocenters. The number of carbonyl (C=O) groups is 1. The van der Waals surface area contributed by atoms with Gasteiger partial charge in [-0.25, -0.2) is 17.5 Å². The van der Waals surface area contributed by atoms with Crippen molar-refractivity contribution in [1.29, 1.82) is 0 Å². The molecule has 3 aromatic rings. The van der Waals surface area contributed by atoms with E-state index >= 15 is 0 Å². The lowest BCUT2D eigenvalue weighted by Crippen LogP contribution is -2.30. The molecule has 3 rings (SSSR count). The van der Waals surface area contributed by atoms with Crippen molar-refractivity contribution in [3.05, 3.63) is 70.8 Å². The molecule has 0 saturated carbocycles. The number of nitrogens with one attached hydrogen (secondary N) is 1. The van der Waals surface area contributed by atoms with Gasteiger partial charge < -0.3 is 5.32 Å². The van der Waals surface area contributed by atoms with Gasteiger partial charge in [-0.15, -0.1) is 0 Å². The van der Waals surface area contributed by atoms with Crippen LogP contribution in [-0.2, 0) is 10.0 Å². The fraction of sp³-hybridized carbons (Fsp3) is 0.304. The molecule has 1 heterocycles. The number of hydrogen-bond donors (Lipinski definition) is 1. The van der Waals surface area contributed by atoms with Gasteiger partial charge >= 0.3 is 0 Å². The average molecular weight is 493 g/mol. The quantitative estimate of drug-likeness (QED) is 0.475. The zero-order valence-electron chi connectivity index (χ0n) is 18.8. The van der Waals surface area contributed by atoms with Gasteiger partial charge in [0, 0.05) is 18.8 Å². The molecule has 1 aromatic heterocycles. The third-order valence-electron chi connectivity index (χ3n) is 5.18. The summed E-state index contributed by atoms with van der Waals surface area (Å²) in [6, 6.07) is 10.2. The van der Waals surface area contributed by atoms with Crippen molar-refractivity contribution in [1.82, 2.24) is 14.1 Å². The Morgan fingerprint density at radius 3 is 2.36 bits per heavy atom. The predicted molar refractivity (Wildman–Crippen MR) is 127 cm³/mol. The molecule has 0 unspecified atom stereocenters. The number of aromatic nitrogens is 2. The highest BCUT2D eigenvalue weighted by molar-refractivity contribution is 7.89. The first-order chi connectivity index (χ1) is 15.6. The van der Waals surface area contributed by atoms with Gasteiger partial charge in [-0.3, -0.25) is 4.79 Å². The van der Waals surface area contributed by atoms with E-state index in [2.05, 4.69) is 10.4 Å². The Balaban J connectivity index is 1.96. The molecule has 33 heavy (non-hydrogen) atoms. The Labute approximate surface area is 198 Å². The molecular formula is C23H26ClFN4O3S. The lowest BCUT2D eigenvalue weighted by molar-refractivity contribution is 0.102. The molecule has 2 aromatic carbocycles. The molecular weight excluding hydrogens is 467 g/mol. The highest BCUT2D eigenvalue weighted by Crippen LogP contribution is 2.29. The van der Waals surface area contributed by atoms with Crippen molar-refractivity contribution in [2.24, 2.45) is 0 Å². The Kier molecular flexibility index (Phi) is 7.56. The normalized spacial score (nSPS) is 11.9. The number of halogens is 2. The van der Waals surface area contributed by atoms with Crippen molar-refractivity contribution in [3.8, 4) is 5.69 Å². The molecule has 0 fully saturated rings. The van der Waals surface area contributed by atoms with E-state index in [1.807, 2.05) is 13.8 Å². The van der Waals surface area contributed by atoms with Gasteiger partial charge in [-0.05, 0) is 48.4 Å². The number of anilines is 1. The van der Waals surface area contributed by atoms with E-state index < -0.39 is 15.9 Å². The summed E-state index contributed by atoms with van der Waals surface area (Å²) in [6.45, 7) is 7.92. The van der Waals surface area contributed by atoms with Gasteiger partial charge in [-0.1, -0.05) is 39.3 Å². The molecule has 0 bridgehead atoms. The summed E-state index contributed by atoms with van der Waals surface area (Å²) < 4.78 is 42.1. The third-order valence-corrected chi connectivity index (χ3v) is 7.71. The van der Waals surface area contributed by atoms with Crippen molar-refractivity contribution in [2.45, 2.75) is 38.5 Å². The van der Waals surface area contributed by atoms with Crippen molar-refractivity contribution < 1.29 is 17.6 Å². The first-order valence-corrected chi connectivity index (χ1v) is 12.4. The fourth-order valence-electron chi connectivity index (χ4n) is 3.56. The SMILES string of the molecule is CCN(CC)S(=O)(=O)c1cc(NC(=O)c2cnn(-c3ccc(F)cc3)c2C(C)C)ccc1Cl. The second-order valence-electron chi connectivity index (χ2n) is 7.68. The van der Waals surface area contributed by atoms with Gasteiger partial charge in [-0.2, -0.15) is 9.40 Å². The maximum absolute atomic E-state index is 13.3. The molecule has 0 radical (unpaired) electrons. The number of sulfonamides is 1. The number of nitrogens with zero attached hydrogens (tertiary/aromatic N) is 3. The molecule has 1 amide bonds. The monoisotopic (exact) mass is 492 g/mol. The topological polar surface area (TPSA) is 84.3 Å². The summed E-state index contributed by atoms with van der Waals surface area (Å²) in [5, 5.41) is 7.15. The van der Waals surface area contributed by atoms with Crippen LogP contribution in [0.25, 0.3) is 5.69 Å². The van der Waals surface area contributed by atoms with E-state index in [9.17, 15) is 17.6 Å². The summed E-state index contributed by atoms with van der Waals surface area (Å²) in [5.74, 6) is -0.879.